The molecule has 0 spiro atoms. The number of hydrogen-bond donors (Lipinski definition) is 1. The number of Topliss-reactive ketones (excluding diaryl/α,β-unsaturated/α-hetero) is 1. The summed E-state index contributed by atoms with van der Waals surface area (Å²) in [6, 6.07) is 23.1. The van der Waals surface area contributed by atoms with Crippen LogP contribution >= 0.6 is 11.3 Å². The predicted molar refractivity (Wildman–Crippen MR) is 121 cm³/mol. The van der Waals surface area contributed by atoms with Gasteiger partial charge in [0.1, 0.15) is 0 Å². The van der Waals surface area contributed by atoms with Crippen molar-refractivity contribution in [3.8, 4) is 0 Å². The van der Waals surface area contributed by atoms with E-state index in [0.29, 0.717) is 11.4 Å². The number of hydrogen-bond acceptors (Lipinski definition) is 5. The molecule has 3 rings (SSSR count). The lowest BCUT2D eigenvalue weighted by molar-refractivity contribution is -0.146. The molecule has 1 N–H and O–H groups in total. The van der Waals surface area contributed by atoms with Gasteiger partial charge in [0.2, 0.25) is 11.7 Å². The Hall–Kier alpha value is -3.25. The van der Waals surface area contributed by atoms with Gasteiger partial charge in [0, 0.05) is 17.7 Å². The molecule has 1 aromatic heterocycles. The highest BCUT2D eigenvalue weighted by Crippen LogP contribution is 2.28. The van der Waals surface area contributed by atoms with Crippen molar-refractivity contribution in [1.29, 1.82) is 0 Å². The van der Waals surface area contributed by atoms with Crippen molar-refractivity contribution in [3.63, 3.8) is 0 Å². The molecular weight excluding hydrogens is 410 g/mol. The number of amides is 1. The highest BCUT2D eigenvalue weighted by molar-refractivity contribution is 7.14. The first-order valence-corrected chi connectivity index (χ1v) is 10.9. The number of esters is 1. The van der Waals surface area contributed by atoms with Crippen LogP contribution in [0.3, 0.4) is 0 Å². The normalized spacial score (nSPS) is 11.7. The summed E-state index contributed by atoms with van der Waals surface area (Å²) < 4.78 is 5.50. The molecule has 160 valence electrons. The number of nitrogens with one attached hydrogen (secondary N) is 1. The second-order valence-corrected chi connectivity index (χ2v) is 8.42. The maximum Gasteiger partial charge on any atom is 0.307 e. The van der Waals surface area contributed by atoms with Crippen LogP contribution in [-0.4, -0.2) is 23.8 Å². The summed E-state index contributed by atoms with van der Waals surface area (Å²) in [6.07, 6.45) is -0.740. The second-order valence-electron chi connectivity index (χ2n) is 7.25. The minimum absolute atomic E-state index is 0.130. The fourth-order valence-electron chi connectivity index (χ4n) is 3.28. The van der Waals surface area contributed by atoms with E-state index in [1.54, 1.807) is 19.1 Å². The van der Waals surface area contributed by atoms with Crippen LogP contribution in [0.4, 0.5) is 0 Å². The van der Waals surface area contributed by atoms with Crippen molar-refractivity contribution in [1.82, 2.24) is 5.32 Å². The zero-order chi connectivity index (χ0) is 22.2. The van der Waals surface area contributed by atoms with E-state index in [2.05, 4.69) is 5.32 Å². The Morgan fingerprint density at radius 1 is 0.903 bits per heavy atom. The molecule has 0 aliphatic carbocycles. The third kappa shape index (κ3) is 6.36. The SMILES string of the molecule is CC(=O)NCc1ccc(C(=O)C(C)OC(=O)CC(c2ccccc2)c2ccccc2)s1. The highest BCUT2D eigenvalue weighted by atomic mass is 32.1. The second kappa shape index (κ2) is 10.7. The van der Waals surface area contributed by atoms with Crippen LogP contribution in [0.25, 0.3) is 0 Å². The van der Waals surface area contributed by atoms with Gasteiger partial charge in [0.15, 0.2) is 6.10 Å². The molecule has 0 aliphatic heterocycles. The molecular formula is C25H25NO4S. The molecule has 0 fully saturated rings. The Kier molecular flexibility index (Phi) is 7.73. The van der Waals surface area contributed by atoms with Crippen molar-refractivity contribution in [2.75, 3.05) is 0 Å². The van der Waals surface area contributed by atoms with Crippen LogP contribution in [0.5, 0.6) is 0 Å². The average Bonchev–Trinajstić information content (AvgIpc) is 3.25. The van der Waals surface area contributed by atoms with E-state index >= 15 is 0 Å². The van der Waals surface area contributed by atoms with Gasteiger partial charge in [-0.15, -0.1) is 11.3 Å². The minimum Gasteiger partial charge on any atom is -0.454 e. The summed E-state index contributed by atoms with van der Waals surface area (Å²) in [6.45, 7) is 3.41. The van der Waals surface area contributed by atoms with Gasteiger partial charge >= 0.3 is 5.97 Å². The van der Waals surface area contributed by atoms with Gasteiger partial charge < -0.3 is 10.1 Å². The van der Waals surface area contributed by atoms with Crippen LogP contribution in [0, 0.1) is 0 Å². The highest BCUT2D eigenvalue weighted by Gasteiger charge is 2.24. The van der Waals surface area contributed by atoms with Gasteiger partial charge in [0.05, 0.1) is 17.8 Å². The number of benzene rings is 2. The number of thiophene rings is 1. The van der Waals surface area contributed by atoms with Crippen LogP contribution in [0.2, 0.25) is 0 Å². The summed E-state index contributed by atoms with van der Waals surface area (Å²) in [5, 5.41) is 2.70. The Morgan fingerprint density at radius 3 is 2.03 bits per heavy atom. The molecule has 1 heterocycles. The number of ether oxygens (including phenoxy) is 1. The van der Waals surface area contributed by atoms with Crippen LogP contribution in [-0.2, 0) is 20.9 Å². The van der Waals surface area contributed by atoms with Crippen molar-refractivity contribution in [2.45, 2.75) is 38.8 Å². The van der Waals surface area contributed by atoms with Crippen molar-refractivity contribution >= 4 is 29.0 Å². The maximum absolute atomic E-state index is 12.7. The molecule has 3 aromatic rings. The van der Waals surface area contributed by atoms with Gasteiger partial charge in [0.25, 0.3) is 0 Å². The third-order valence-corrected chi connectivity index (χ3v) is 5.97. The summed E-state index contributed by atoms with van der Waals surface area (Å²) in [7, 11) is 0. The molecule has 1 unspecified atom stereocenters. The molecule has 1 atom stereocenters. The topological polar surface area (TPSA) is 72.5 Å². The smallest absolute Gasteiger partial charge is 0.307 e. The number of carbonyl (C=O) groups is 3. The predicted octanol–water partition coefficient (Wildman–Crippen LogP) is 4.72. The molecule has 0 bridgehead atoms. The zero-order valence-electron chi connectivity index (χ0n) is 17.5. The Bertz CT molecular complexity index is 990. The van der Waals surface area contributed by atoms with Gasteiger partial charge in [-0.2, -0.15) is 0 Å². The minimum atomic E-state index is -0.882. The lowest BCUT2D eigenvalue weighted by Gasteiger charge is -2.19. The average molecular weight is 436 g/mol. The van der Waals surface area contributed by atoms with Gasteiger partial charge in [-0.3, -0.25) is 14.4 Å². The summed E-state index contributed by atoms with van der Waals surface area (Å²) in [5.74, 6) is -0.949. The van der Waals surface area contributed by atoms with E-state index in [1.165, 1.54) is 18.3 Å². The lowest BCUT2D eigenvalue weighted by Crippen LogP contribution is -2.25. The molecule has 6 heteroatoms. The fraction of sp³-hybridized carbons (Fsp3) is 0.240. The fourth-order valence-corrected chi connectivity index (χ4v) is 4.25. The van der Waals surface area contributed by atoms with E-state index < -0.39 is 12.1 Å². The van der Waals surface area contributed by atoms with Crippen LogP contribution in [0.1, 0.15) is 51.9 Å². The lowest BCUT2D eigenvalue weighted by atomic mass is 9.88. The van der Waals surface area contributed by atoms with Crippen molar-refractivity contribution < 1.29 is 19.1 Å². The van der Waals surface area contributed by atoms with Crippen LogP contribution in [0.15, 0.2) is 72.8 Å². The first-order valence-electron chi connectivity index (χ1n) is 10.1. The van der Waals surface area contributed by atoms with E-state index in [1.807, 2.05) is 60.7 Å². The van der Waals surface area contributed by atoms with E-state index in [-0.39, 0.29) is 24.0 Å². The van der Waals surface area contributed by atoms with Crippen molar-refractivity contribution in [2.24, 2.45) is 0 Å². The van der Waals surface area contributed by atoms with Crippen LogP contribution < -0.4 is 5.32 Å². The standard InChI is InChI=1S/C25H25NO4S/c1-17(25(29)23-14-13-21(31-23)16-26-18(2)27)30-24(28)15-22(19-9-5-3-6-10-19)20-11-7-4-8-12-20/h3-14,17,22H,15-16H2,1-2H3,(H,26,27). The number of carbonyl (C=O) groups excluding carboxylic acids is 3. The van der Waals surface area contributed by atoms with E-state index in [4.69, 9.17) is 4.74 Å². The van der Waals surface area contributed by atoms with E-state index in [9.17, 15) is 14.4 Å². The Labute approximate surface area is 186 Å². The molecule has 0 saturated carbocycles. The molecule has 0 radical (unpaired) electrons. The largest absolute Gasteiger partial charge is 0.454 e. The van der Waals surface area contributed by atoms with Gasteiger partial charge in [-0.05, 0) is 30.2 Å². The van der Waals surface area contributed by atoms with Gasteiger partial charge in [-0.1, -0.05) is 60.7 Å². The first kappa shape index (κ1) is 22.4. The first-order chi connectivity index (χ1) is 14.9. The number of ketones is 1. The molecule has 1 amide bonds. The maximum atomic E-state index is 12.7. The summed E-state index contributed by atoms with van der Waals surface area (Å²) in [4.78, 5) is 37.8. The molecule has 5 nitrogen and oxygen atoms in total. The molecule has 31 heavy (non-hydrogen) atoms. The zero-order valence-corrected chi connectivity index (χ0v) is 18.4. The van der Waals surface area contributed by atoms with Crippen molar-refractivity contribution in [3.05, 3.63) is 93.7 Å². The summed E-state index contributed by atoms with van der Waals surface area (Å²) >= 11 is 1.29. The molecule has 2 aromatic carbocycles. The number of rotatable bonds is 9. The quantitative estimate of drug-likeness (QED) is 0.390. The van der Waals surface area contributed by atoms with Gasteiger partial charge in [-0.25, -0.2) is 0 Å². The molecule has 0 aliphatic rings. The monoisotopic (exact) mass is 435 g/mol. The third-order valence-electron chi connectivity index (χ3n) is 4.87. The Morgan fingerprint density at radius 2 is 1.48 bits per heavy atom. The summed E-state index contributed by atoms with van der Waals surface area (Å²) in [5.41, 5.74) is 2.04. The molecule has 0 saturated heterocycles. The Balaban J connectivity index is 1.65. The van der Waals surface area contributed by atoms with E-state index in [0.717, 1.165) is 16.0 Å².